The van der Waals surface area contributed by atoms with Crippen LogP contribution in [0.4, 0.5) is 11.6 Å². The lowest BCUT2D eigenvalue weighted by atomic mass is 9.93. The largest absolute Gasteiger partial charge is 0.486 e. The minimum absolute atomic E-state index is 0. The van der Waals surface area contributed by atoms with Crippen LogP contribution in [0.15, 0.2) is 41.1 Å². The van der Waals surface area contributed by atoms with Gasteiger partial charge in [0, 0.05) is 70.3 Å². The molecule has 2 fully saturated rings. The highest BCUT2D eigenvalue weighted by Crippen LogP contribution is 2.28. The Morgan fingerprint density at radius 1 is 1.11 bits per heavy atom. The number of rotatable bonds is 13. The second-order valence-electron chi connectivity index (χ2n) is 12.8. The van der Waals surface area contributed by atoms with E-state index < -0.39 is 6.10 Å². The summed E-state index contributed by atoms with van der Waals surface area (Å²) < 4.78 is 11.3. The third kappa shape index (κ3) is 8.85. The average molecular weight is 665 g/mol. The molecule has 2 N–H and O–H groups in total. The van der Waals surface area contributed by atoms with Gasteiger partial charge in [0.1, 0.15) is 24.0 Å². The number of carbonyl (C=O) groups is 2. The molecule has 12 heteroatoms. The van der Waals surface area contributed by atoms with Crippen LogP contribution in [0.2, 0.25) is 0 Å². The van der Waals surface area contributed by atoms with Gasteiger partial charge in [0.25, 0.3) is 0 Å². The maximum absolute atomic E-state index is 13.4. The molecule has 1 amide bonds. The molecule has 0 spiro atoms. The number of aromatic nitrogens is 2. The minimum atomic E-state index is -0.601. The second kappa shape index (κ2) is 16.0. The molecule has 3 aromatic rings. The van der Waals surface area contributed by atoms with Crippen LogP contribution in [-0.2, 0) is 24.4 Å². The van der Waals surface area contributed by atoms with Crippen LogP contribution < -0.4 is 15.0 Å². The van der Waals surface area contributed by atoms with Gasteiger partial charge in [-0.3, -0.25) is 14.5 Å². The number of nitrogens with one attached hydrogen (secondary N) is 1. The van der Waals surface area contributed by atoms with Crippen LogP contribution >= 0.6 is 13.5 Å². The Bertz CT molecular complexity index is 1520. The number of nitrogens with zero attached hydrogens (tertiary/aromatic N) is 5. The number of aryl methyl sites for hydroxylation is 1. The molecular weight excluding hydrogens is 616 g/mol. The summed E-state index contributed by atoms with van der Waals surface area (Å²) in [7, 11) is 0. The van der Waals surface area contributed by atoms with Crippen molar-refractivity contribution in [1.82, 2.24) is 19.8 Å². The summed E-state index contributed by atoms with van der Waals surface area (Å²) in [6.07, 6.45) is 6.30. The van der Waals surface area contributed by atoms with Gasteiger partial charge in [-0.05, 0) is 74.4 Å². The van der Waals surface area contributed by atoms with Crippen molar-refractivity contribution in [3.05, 3.63) is 64.9 Å². The van der Waals surface area contributed by atoms with Crippen LogP contribution in [0.3, 0.4) is 0 Å². The van der Waals surface area contributed by atoms with Gasteiger partial charge < -0.3 is 29.4 Å². The molecule has 3 aliphatic rings. The Morgan fingerprint density at radius 2 is 1.91 bits per heavy atom. The summed E-state index contributed by atoms with van der Waals surface area (Å²) in [6.45, 7) is 8.93. The summed E-state index contributed by atoms with van der Waals surface area (Å²) in [5.74, 6) is 3.21. The third-order valence-corrected chi connectivity index (χ3v) is 9.51. The van der Waals surface area contributed by atoms with Crippen molar-refractivity contribution in [2.75, 3.05) is 49.5 Å². The van der Waals surface area contributed by atoms with E-state index in [0.717, 1.165) is 61.2 Å². The van der Waals surface area contributed by atoms with Crippen LogP contribution in [0.25, 0.3) is 0 Å². The average Bonchev–Trinajstić information content (AvgIpc) is 3.48. The third-order valence-electron chi connectivity index (χ3n) is 9.51. The quantitative estimate of drug-likeness (QED) is 0.253. The fourth-order valence-corrected chi connectivity index (χ4v) is 6.36. The molecule has 2 aliphatic heterocycles. The van der Waals surface area contributed by atoms with Crippen LogP contribution in [0.5, 0.6) is 5.75 Å². The summed E-state index contributed by atoms with van der Waals surface area (Å²) in [6, 6.07) is 10.3. The normalized spacial score (nSPS) is 17.3. The number of hydrogen-bond donors (Lipinski definition) is 2. The standard InChI is InChI=1S/C35H46N6O5.H2S/c1-3-35(44)41-15-13-40(14-16-41)34-19-27(18-33(38-34)37-28-5-4-6-28)31(43)10-8-29(42)21-39-12-11-25-17-30(9-7-26(25)20-39)45-22-32-24(2)36-23-46-32;/h7,9,17-19,23,28-29,42H,3-6,8,10-16,20-22H2,1-2H3,(H,37,38);1H2/t29-;/m0./s1. The number of β-amino-alcohol motifs (C(OH)–C–C–N with tert-alkyl or cyclic N) is 1. The van der Waals surface area contributed by atoms with E-state index in [9.17, 15) is 14.7 Å². The predicted octanol–water partition coefficient (Wildman–Crippen LogP) is 4.47. The van der Waals surface area contributed by atoms with Crippen molar-refractivity contribution in [3.8, 4) is 5.75 Å². The van der Waals surface area contributed by atoms with Crippen LogP contribution in [0, 0.1) is 6.92 Å². The molecule has 47 heavy (non-hydrogen) atoms. The van der Waals surface area contributed by atoms with E-state index in [1.807, 2.05) is 36.9 Å². The Labute approximate surface area is 284 Å². The number of benzene rings is 1. The van der Waals surface area contributed by atoms with Crippen molar-refractivity contribution in [1.29, 1.82) is 0 Å². The lowest BCUT2D eigenvalue weighted by Gasteiger charge is -2.36. The lowest BCUT2D eigenvalue weighted by Crippen LogP contribution is -2.49. The topological polar surface area (TPSA) is 124 Å². The van der Waals surface area contributed by atoms with Gasteiger partial charge in [0.2, 0.25) is 5.91 Å². The van der Waals surface area contributed by atoms with Crippen molar-refractivity contribution in [3.63, 3.8) is 0 Å². The summed E-state index contributed by atoms with van der Waals surface area (Å²) in [4.78, 5) is 40.9. The zero-order chi connectivity index (χ0) is 32.0. The first-order valence-electron chi connectivity index (χ1n) is 16.7. The van der Waals surface area contributed by atoms with Gasteiger partial charge >= 0.3 is 0 Å². The number of fused-ring (bicyclic) bond motifs is 1. The zero-order valence-corrected chi connectivity index (χ0v) is 28.5. The molecule has 6 rings (SSSR count). The highest BCUT2D eigenvalue weighted by molar-refractivity contribution is 7.59. The SMILES string of the molecule is CCC(=O)N1CCN(c2cc(C(=O)CC[C@H](O)CN3CCc4cc(OCc5ocnc5C)ccc4C3)cc(NC3CCC3)n2)CC1.S. The molecule has 2 aromatic heterocycles. The Hall–Kier alpha value is -3.61. The number of aliphatic hydroxyl groups is 1. The summed E-state index contributed by atoms with van der Waals surface area (Å²) >= 11 is 0. The highest BCUT2D eigenvalue weighted by atomic mass is 32.1. The van der Waals surface area contributed by atoms with E-state index in [0.29, 0.717) is 63.8 Å². The Balaban J connectivity index is 0.00000433. The number of hydrogen-bond acceptors (Lipinski definition) is 10. The molecule has 1 atom stereocenters. The summed E-state index contributed by atoms with van der Waals surface area (Å²) in [5, 5.41) is 14.5. The van der Waals surface area contributed by atoms with E-state index in [-0.39, 0.29) is 31.6 Å². The fraction of sp³-hybridized carbons (Fsp3) is 0.543. The molecule has 254 valence electrons. The number of carbonyl (C=O) groups excluding carboxylic acids is 2. The number of pyridine rings is 1. The first-order chi connectivity index (χ1) is 22.3. The lowest BCUT2D eigenvalue weighted by molar-refractivity contribution is -0.131. The van der Waals surface area contributed by atoms with E-state index >= 15 is 0 Å². The molecule has 1 aromatic carbocycles. The second-order valence-corrected chi connectivity index (χ2v) is 12.8. The number of ketones is 1. The van der Waals surface area contributed by atoms with Crippen molar-refractivity contribution in [2.24, 2.45) is 0 Å². The van der Waals surface area contributed by atoms with Crippen molar-refractivity contribution in [2.45, 2.75) is 84.1 Å². The maximum atomic E-state index is 13.4. The highest BCUT2D eigenvalue weighted by Gasteiger charge is 2.25. The van der Waals surface area contributed by atoms with Gasteiger partial charge in [0.05, 0.1) is 11.8 Å². The van der Waals surface area contributed by atoms with E-state index in [1.54, 1.807) is 0 Å². The van der Waals surface area contributed by atoms with E-state index in [4.69, 9.17) is 14.1 Å². The predicted molar refractivity (Wildman–Crippen MR) is 186 cm³/mol. The zero-order valence-electron chi connectivity index (χ0n) is 27.5. The Kier molecular flexibility index (Phi) is 11.8. The van der Waals surface area contributed by atoms with Gasteiger partial charge in [-0.2, -0.15) is 13.5 Å². The number of aliphatic hydroxyl groups excluding tert-OH is 1. The maximum Gasteiger partial charge on any atom is 0.222 e. The Morgan fingerprint density at radius 3 is 2.62 bits per heavy atom. The minimum Gasteiger partial charge on any atom is -0.486 e. The number of ether oxygens (including phenoxy) is 1. The number of oxazole rings is 1. The van der Waals surface area contributed by atoms with Gasteiger partial charge in [-0.25, -0.2) is 9.97 Å². The monoisotopic (exact) mass is 664 g/mol. The van der Waals surface area contributed by atoms with Crippen molar-refractivity contribution >= 4 is 36.8 Å². The molecule has 1 aliphatic carbocycles. The van der Waals surface area contributed by atoms with E-state index in [1.165, 1.54) is 23.9 Å². The summed E-state index contributed by atoms with van der Waals surface area (Å²) in [5.41, 5.74) is 3.94. The number of anilines is 2. The van der Waals surface area contributed by atoms with Crippen LogP contribution in [-0.4, -0.2) is 88.0 Å². The first-order valence-corrected chi connectivity index (χ1v) is 16.7. The molecule has 11 nitrogen and oxygen atoms in total. The molecule has 4 heterocycles. The van der Waals surface area contributed by atoms with Gasteiger partial charge in [-0.15, -0.1) is 0 Å². The number of Topliss-reactive ketones (excluding diaryl/α,β-unsaturated/α-hetero) is 1. The molecule has 0 unspecified atom stereocenters. The molecule has 0 bridgehead atoms. The smallest absolute Gasteiger partial charge is 0.222 e. The van der Waals surface area contributed by atoms with Crippen molar-refractivity contribution < 1.29 is 23.8 Å². The van der Waals surface area contributed by atoms with Gasteiger partial charge in [-0.1, -0.05) is 13.0 Å². The molecule has 1 saturated carbocycles. The van der Waals surface area contributed by atoms with E-state index in [2.05, 4.69) is 32.2 Å². The van der Waals surface area contributed by atoms with Gasteiger partial charge in [0.15, 0.2) is 17.9 Å². The fourth-order valence-electron chi connectivity index (χ4n) is 6.36. The molecular formula is C35H48N6O5S. The number of amides is 1. The first kappa shape index (κ1) is 34.7. The number of piperazine rings is 1. The van der Waals surface area contributed by atoms with Crippen LogP contribution in [0.1, 0.15) is 78.4 Å². The molecule has 0 radical (unpaired) electrons. The molecule has 1 saturated heterocycles.